The van der Waals surface area contributed by atoms with Crippen molar-refractivity contribution < 1.29 is 13.9 Å². The summed E-state index contributed by atoms with van der Waals surface area (Å²) in [4.78, 5) is 17.5. The van der Waals surface area contributed by atoms with E-state index in [9.17, 15) is 4.79 Å². The SMILES string of the molecule is CC(C)c1ccc(COC(=O)c2cc(-c3ccco3)nc3ccccc23)cc1. The minimum atomic E-state index is -0.376. The fourth-order valence-electron chi connectivity index (χ4n) is 3.12. The van der Waals surface area contributed by atoms with E-state index >= 15 is 0 Å². The molecule has 4 aromatic rings. The molecule has 0 radical (unpaired) electrons. The number of esters is 1. The van der Waals surface area contributed by atoms with E-state index in [1.165, 1.54) is 5.56 Å². The van der Waals surface area contributed by atoms with E-state index < -0.39 is 0 Å². The summed E-state index contributed by atoms with van der Waals surface area (Å²) in [6, 6.07) is 21.0. The van der Waals surface area contributed by atoms with Crippen molar-refractivity contribution in [1.29, 1.82) is 0 Å². The average Bonchev–Trinajstić information content (AvgIpc) is 3.26. The molecule has 0 atom stereocenters. The molecule has 0 aliphatic rings. The van der Waals surface area contributed by atoms with Crippen LogP contribution in [0.1, 0.15) is 41.3 Å². The zero-order valence-corrected chi connectivity index (χ0v) is 15.9. The predicted octanol–water partition coefficient (Wildman–Crippen LogP) is 5.98. The molecule has 2 heterocycles. The second-order valence-corrected chi connectivity index (χ2v) is 7.02. The van der Waals surface area contributed by atoms with Gasteiger partial charge in [-0.25, -0.2) is 9.78 Å². The van der Waals surface area contributed by atoms with Gasteiger partial charge in [-0.15, -0.1) is 0 Å². The topological polar surface area (TPSA) is 52.3 Å². The number of carbonyl (C=O) groups is 1. The molecule has 0 unspecified atom stereocenters. The summed E-state index contributed by atoms with van der Waals surface area (Å²) in [5, 5.41) is 0.762. The fourth-order valence-corrected chi connectivity index (χ4v) is 3.12. The predicted molar refractivity (Wildman–Crippen MR) is 109 cm³/mol. The maximum absolute atomic E-state index is 12.8. The van der Waals surface area contributed by atoms with Crippen LogP contribution >= 0.6 is 0 Å². The van der Waals surface area contributed by atoms with Crippen molar-refractivity contribution in [3.63, 3.8) is 0 Å². The van der Waals surface area contributed by atoms with Crippen molar-refractivity contribution in [2.75, 3.05) is 0 Å². The summed E-state index contributed by atoms with van der Waals surface area (Å²) in [7, 11) is 0. The van der Waals surface area contributed by atoms with E-state index in [0.29, 0.717) is 22.9 Å². The summed E-state index contributed by atoms with van der Waals surface area (Å²) in [6.45, 7) is 4.53. The number of ether oxygens (including phenoxy) is 1. The lowest BCUT2D eigenvalue weighted by molar-refractivity contribution is 0.0475. The van der Waals surface area contributed by atoms with Crippen molar-refractivity contribution in [2.45, 2.75) is 26.4 Å². The molecule has 0 aliphatic heterocycles. The monoisotopic (exact) mass is 371 g/mol. The number of nitrogens with zero attached hydrogens (tertiary/aromatic N) is 1. The van der Waals surface area contributed by atoms with Crippen molar-refractivity contribution in [2.24, 2.45) is 0 Å². The van der Waals surface area contributed by atoms with Crippen LogP contribution in [0.2, 0.25) is 0 Å². The molecule has 2 aromatic carbocycles. The highest BCUT2D eigenvalue weighted by molar-refractivity contribution is 6.04. The molecular weight excluding hydrogens is 350 g/mol. The van der Waals surface area contributed by atoms with Gasteiger partial charge in [0.25, 0.3) is 0 Å². The van der Waals surface area contributed by atoms with Crippen LogP contribution < -0.4 is 0 Å². The molecule has 0 N–H and O–H groups in total. The Morgan fingerprint density at radius 3 is 2.54 bits per heavy atom. The second-order valence-electron chi connectivity index (χ2n) is 7.02. The Bertz CT molecular complexity index is 1100. The first-order valence-electron chi connectivity index (χ1n) is 9.31. The molecule has 0 spiro atoms. The Morgan fingerprint density at radius 1 is 1.04 bits per heavy atom. The van der Waals surface area contributed by atoms with E-state index in [0.717, 1.165) is 16.5 Å². The van der Waals surface area contributed by atoms with Gasteiger partial charge >= 0.3 is 5.97 Å². The maximum Gasteiger partial charge on any atom is 0.339 e. The Kier molecular flexibility index (Phi) is 4.94. The van der Waals surface area contributed by atoms with Crippen LogP contribution in [-0.2, 0) is 11.3 Å². The highest BCUT2D eigenvalue weighted by Gasteiger charge is 2.16. The Balaban J connectivity index is 1.61. The van der Waals surface area contributed by atoms with Crippen LogP contribution in [-0.4, -0.2) is 11.0 Å². The van der Waals surface area contributed by atoms with Crippen LogP contribution in [0.4, 0.5) is 0 Å². The largest absolute Gasteiger partial charge is 0.463 e. The van der Waals surface area contributed by atoms with Crippen LogP contribution in [0, 0.1) is 0 Å². The van der Waals surface area contributed by atoms with E-state index in [4.69, 9.17) is 9.15 Å². The third-order valence-electron chi connectivity index (χ3n) is 4.73. The summed E-state index contributed by atoms with van der Waals surface area (Å²) >= 11 is 0. The Hall–Kier alpha value is -3.40. The van der Waals surface area contributed by atoms with E-state index in [1.807, 2.05) is 42.5 Å². The molecule has 0 bridgehead atoms. The van der Waals surface area contributed by atoms with Crippen LogP contribution in [0.5, 0.6) is 0 Å². The summed E-state index contributed by atoms with van der Waals surface area (Å²) < 4.78 is 11.0. The molecule has 0 fully saturated rings. The second kappa shape index (κ2) is 7.69. The Labute approximate surface area is 163 Å². The zero-order valence-electron chi connectivity index (χ0n) is 15.9. The van der Waals surface area contributed by atoms with Crippen molar-refractivity contribution in [3.05, 3.63) is 89.7 Å². The van der Waals surface area contributed by atoms with Gasteiger partial charge in [-0.05, 0) is 41.3 Å². The van der Waals surface area contributed by atoms with Crippen LogP contribution in [0.25, 0.3) is 22.4 Å². The van der Waals surface area contributed by atoms with E-state index in [-0.39, 0.29) is 12.6 Å². The number of hydrogen-bond acceptors (Lipinski definition) is 4. The normalized spacial score (nSPS) is 11.1. The number of para-hydroxylation sites is 1. The van der Waals surface area contributed by atoms with Gasteiger partial charge in [0, 0.05) is 5.39 Å². The van der Waals surface area contributed by atoms with Gasteiger partial charge in [0.15, 0.2) is 5.76 Å². The molecular formula is C24H21NO3. The van der Waals surface area contributed by atoms with E-state index in [2.05, 4.69) is 31.0 Å². The van der Waals surface area contributed by atoms with Crippen molar-refractivity contribution in [1.82, 2.24) is 4.98 Å². The molecule has 140 valence electrons. The standard InChI is InChI=1S/C24H21NO3/c1-16(2)18-11-9-17(10-12-18)15-28-24(26)20-14-22(23-8-5-13-27-23)25-21-7-4-3-6-19(20)21/h3-14,16H,15H2,1-2H3. The number of fused-ring (bicyclic) bond motifs is 1. The third-order valence-corrected chi connectivity index (χ3v) is 4.73. The van der Waals surface area contributed by atoms with Crippen LogP contribution in [0.15, 0.2) is 77.4 Å². The first-order valence-corrected chi connectivity index (χ1v) is 9.31. The maximum atomic E-state index is 12.8. The molecule has 28 heavy (non-hydrogen) atoms. The van der Waals surface area contributed by atoms with Gasteiger partial charge in [0.05, 0.1) is 17.3 Å². The fraction of sp³-hybridized carbons (Fsp3) is 0.167. The average molecular weight is 371 g/mol. The lowest BCUT2D eigenvalue weighted by Gasteiger charge is -2.10. The number of aromatic nitrogens is 1. The number of hydrogen-bond donors (Lipinski definition) is 0. The zero-order chi connectivity index (χ0) is 19.5. The Morgan fingerprint density at radius 2 is 1.82 bits per heavy atom. The highest BCUT2D eigenvalue weighted by Crippen LogP contribution is 2.26. The molecule has 0 saturated carbocycles. The summed E-state index contributed by atoms with van der Waals surface area (Å²) in [5.41, 5.74) is 4.04. The van der Waals surface area contributed by atoms with Crippen LogP contribution in [0.3, 0.4) is 0 Å². The number of benzene rings is 2. The summed E-state index contributed by atoms with van der Waals surface area (Å²) in [5.74, 6) is 0.711. The van der Waals surface area contributed by atoms with Crippen molar-refractivity contribution in [3.8, 4) is 11.5 Å². The van der Waals surface area contributed by atoms with Gasteiger partial charge in [-0.1, -0.05) is 56.3 Å². The molecule has 4 rings (SSSR count). The van der Waals surface area contributed by atoms with Gasteiger partial charge in [-0.3, -0.25) is 0 Å². The van der Waals surface area contributed by atoms with Gasteiger partial charge in [-0.2, -0.15) is 0 Å². The molecule has 0 aliphatic carbocycles. The van der Waals surface area contributed by atoms with E-state index in [1.54, 1.807) is 18.4 Å². The molecule has 0 saturated heterocycles. The first-order chi connectivity index (χ1) is 13.6. The molecule has 0 amide bonds. The first kappa shape index (κ1) is 18.0. The van der Waals surface area contributed by atoms with Gasteiger partial charge in [0.2, 0.25) is 0 Å². The number of rotatable bonds is 5. The molecule has 4 heteroatoms. The number of carbonyl (C=O) groups excluding carboxylic acids is 1. The smallest absolute Gasteiger partial charge is 0.339 e. The van der Waals surface area contributed by atoms with Crippen molar-refractivity contribution >= 4 is 16.9 Å². The minimum absolute atomic E-state index is 0.226. The number of pyridine rings is 1. The summed E-state index contributed by atoms with van der Waals surface area (Å²) in [6.07, 6.45) is 1.59. The lowest BCUT2D eigenvalue weighted by Crippen LogP contribution is -2.07. The number of furan rings is 1. The third kappa shape index (κ3) is 3.67. The quantitative estimate of drug-likeness (QED) is 0.405. The highest BCUT2D eigenvalue weighted by atomic mass is 16.5. The van der Waals surface area contributed by atoms with Gasteiger partial charge < -0.3 is 9.15 Å². The minimum Gasteiger partial charge on any atom is -0.463 e. The van der Waals surface area contributed by atoms with Gasteiger partial charge in [0.1, 0.15) is 12.3 Å². The molecule has 4 nitrogen and oxygen atoms in total. The lowest BCUT2D eigenvalue weighted by atomic mass is 10.0. The molecule has 2 aromatic heterocycles.